The van der Waals surface area contributed by atoms with Gasteiger partial charge in [-0.05, 0) is 0 Å². The monoisotopic (exact) mass is 216 g/mol. The van der Waals surface area contributed by atoms with Gasteiger partial charge in [-0.1, -0.05) is 30.3 Å². The molecule has 1 unspecified atom stereocenters. The van der Waals surface area contributed by atoms with E-state index in [1.807, 2.05) is 0 Å². The zero-order valence-corrected chi connectivity index (χ0v) is 7.49. The normalized spacial score (nSPS) is 13.3. The van der Waals surface area contributed by atoms with Crippen molar-refractivity contribution in [2.45, 2.75) is 6.18 Å². The Morgan fingerprint density at radius 1 is 1.20 bits per heavy atom. The molecule has 0 aliphatic rings. The summed E-state index contributed by atoms with van der Waals surface area (Å²) >= 11 is 0. The molecule has 0 spiro atoms. The number of carbonyl (C=O) groups excluding carboxylic acids is 2. The van der Waals surface area contributed by atoms with Gasteiger partial charge in [0.1, 0.15) is 6.29 Å². The molecule has 0 amide bonds. The minimum atomic E-state index is -4.82. The lowest BCUT2D eigenvalue weighted by atomic mass is 9.98. The van der Waals surface area contributed by atoms with Crippen LogP contribution in [0.4, 0.5) is 13.2 Å². The number of halogens is 3. The highest BCUT2D eigenvalue weighted by Gasteiger charge is 2.44. The Labute approximate surface area is 83.7 Å². The van der Waals surface area contributed by atoms with Crippen molar-refractivity contribution in [3.05, 3.63) is 35.9 Å². The molecule has 0 radical (unpaired) electrons. The molecule has 2 nitrogen and oxygen atoms in total. The Bertz CT molecular complexity index is 357. The standard InChI is InChI=1S/C10H7F3O2/c11-10(12,13)8(6-14)9(15)7-4-2-1-3-5-7/h1-6,8H. The van der Waals surface area contributed by atoms with Crippen LogP contribution in [-0.2, 0) is 4.79 Å². The molecule has 0 saturated carbocycles. The van der Waals surface area contributed by atoms with Crippen molar-refractivity contribution in [3.63, 3.8) is 0 Å². The molecule has 1 aromatic rings. The molecule has 5 heteroatoms. The lowest BCUT2D eigenvalue weighted by Crippen LogP contribution is -2.32. The summed E-state index contributed by atoms with van der Waals surface area (Å²) in [5, 5.41) is 0. The van der Waals surface area contributed by atoms with E-state index in [1.165, 1.54) is 24.3 Å². The van der Waals surface area contributed by atoms with Crippen molar-refractivity contribution in [1.29, 1.82) is 0 Å². The zero-order valence-electron chi connectivity index (χ0n) is 7.49. The number of carbonyl (C=O) groups is 2. The molecule has 0 aliphatic carbocycles. The molecule has 0 bridgehead atoms. The molecule has 0 heterocycles. The lowest BCUT2D eigenvalue weighted by molar-refractivity contribution is -0.163. The fraction of sp³-hybridized carbons (Fsp3) is 0.200. The number of alkyl halides is 3. The molecule has 1 atom stereocenters. The summed E-state index contributed by atoms with van der Waals surface area (Å²) in [5.41, 5.74) is -0.119. The van der Waals surface area contributed by atoms with Gasteiger partial charge < -0.3 is 4.79 Å². The van der Waals surface area contributed by atoms with Gasteiger partial charge in [0, 0.05) is 5.56 Å². The van der Waals surface area contributed by atoms with Gasteiger partial charge >= 0.3 is 6.18 Å². The van der Waals surface area contributed by atoms with Gasteiger partial charge in [-0.3, -0.25) is 4.79 Å². The Hall–Kier alpha value is -1.65. The lowest BCUT2D eigenvalue weighted by Gasteiger charge is -2.12. The number of aldehydes is 1. The van der Waals surface area contributed by atoms with Crippen LogP contribution in [0.3, 0.4) is 0 Å². The van der Waals surface area contributed by atoms with Crippen molar-refractivity contribution in [2.24, 2.45) is 5.92 Å². The van der Waals surface area contributed by atoms with Gasteiger partial charge in [-0.25, -0.2) is 0 Å². The summed E-state index contributed by atoms with van der Waals surface area (Å²) in [5.74, 6) is -3.79. The van der Waals surface area contributed by atoms with Gasteiger partial charge in [0.25, 0.3) is 0 Å². The van der Waals surface area contributed by atoms with Crippen molar-refractivity contribution < 1.29 is 22.8 Å². The van der Waals surface area contributed by atoms with Crippen molar-refractivity contribution in [3.8, 4) is 0 Å². The highest BCUT2D eigenvalue weighted by molar-refractivity contribution is 6.05. The van der Waals surface area contributed by atoms with Crippen LogP contribution in [0, 0.1) is 5.92 Å². The van der Waals surface area contributed by atoms with Gasteiger partial charge in [0.05, 0.1) is 0 Å². The molecule has 1 aromatic carbocycles. The predicted molar refractivity (Wildman–Crippen MR) is 46.4 cm³/mol. The van der Waals surface area contributed by atoms with Crippen LogP contribution >= 0.6 is 0 Å². The topological polar surface area (TPSA) is 34.1 Å². The first-order valence-electron chi connectivity index (χ1n) is 4.08. The molecular formula is C10H7F3O2. The summed E-state index contributed by atoms with van der Waals surface area (Å²) in [6.07, 6.45) is -5.20. The van der Waals surface area contributed by atoms with E-state index in [-0.39, 0.29) is 11.8 Å². The summed E-state index contributed by atoms with van der Waals surface area (Å²) in [7, 11) is 0. The first-order chi connectivity index (χ1) is 6.96. The smallest absolute Gasteiger partial charge is 0.302 e. The maximum Gasteiger partial charge on any atom is 0.405 e. The SMILES string of the molecule is O=CC(C(=O)c1ccccc1)C(F)(F)F. The first kappa shape index (κ1) is 11.4. The Kier molecular flexibility index (Phi) is 3.24. The van der Waals surface area contributed by atoms with Gasteiger partial charge in [-0.2, -0.15) is 13.2 Å². The number of hydrogen-bond donors (Lipinski definition) is 0. The number of Topliss-reactive ketones (excluding diaryl/α,β-unsaturated/α-hetero) is 1. The average molecular weight is 216 g/mol. The predicted octanol–water partition coefficient (Wildman–Crippen LogP) is 2.25. The second-order valence-corrected chi connectivity index (χ2v) is 2.89. The van der Waals surface area contributed by atoms with E-state index in [0.717, 1.165) is 0 Å². The number of hydrogen-bond acceptors (Lipinski definition) is 2. The maximum absolute atomic E-state index is 12.2. The fourth-order valence-electron chi connectivity index (χ4n) is 1.07. The molecule has 15 heavy (non-hydrogen) atoms. The van der Waals surface area contributed by atoms with Crippen molar-refractivity contribution in [2.75, 3.05) is 0 Å². The van der Waals surface area contributed by atoms with E-state index in [9.17, 15) is 22.8 Å². The van der Waals surface area contributed by atoms with Crippen LogP contribution in [-0.4, -0.2) is 18.2 Å². The van der Waals surface area contributed by atoms with Crippen LogP contribution < -0.4 is 0 Å². The second kappa shape index (κ2) is 4.25. The summed E-state index contributed by atoms with van der Waals surface area (Å²) < 4.78 is 36.6. The molecule has 80 valence electrons. The molecule has 0 aliphatic heterocycles. The number of rotatable bonds is 3. The quantitative estimate of drug-likeness (QED) is 0.441. The van der Waals surface area contributed by atoms with Crippen LogP contribution in [0.5, 0.6) is 0 Å². The number of ketones is 1. The Balaban J connectivity index is 2.98. The Morgan fingerprint density at radius 2 is 1.73 bits per heavy atom. The molecule has 0 saturated heterocycles. The fourth-order valence-corrected chi connectivity index (χ4v) is 1.07. The molecule has 0 aromatic heterocycles. The van der Waals surface area contributed by atoms with Gasteiger partial charge in [0.2, 0.25) is 0 Å². The van der Waals surface area contributed by atoms with Gasteiger partial charge in [-0.15, -0.1) is 0 Å². The van der Waals surface area contributed by atoms with Crippen molar-refractivity contribution in [1.82, 2.24) is 0 Å². The van der Waals surface area contributed by atoms with E-state index >= 15 is 0 Å². The van der Waals surface area contributed by atoms with E-state index in [2.05, 4.69) is 0 Å². The number of benzene rings is 1. The average Bonchev–Trinajstić information content (AvgIpc) is 2.18. The third-order valence-electron chi connectivity index (χ3n) is 1.83. The van der Waals surface area contributed by atoms with E-state index in [0.29, 0.717) is 0 Å². The third kappa shape index (κ3) is 2.65. The van der Waals surface area contributed by atoms with Gasteiger partial charge in [0.15, 0.2) is 11.7 Å². The molecule has 1 rings (SSSR count). The van der Waals surface area contributed by atoms with E-state index in [1.54, 1.807) is 6.07 Å². The van der Waals surface area contributed by atoms with Crippen LogP contribution in [0.25, 0.3) is 0 Å². The molecule has 0 fully saturated rings. The minimum absolute atomic E-state index is 0.119. The largest absolute Gasteiger partial charge is 0.405 e. The Morgan fingerprint density at radius 3 is 2.13 bits per heavy atom. The summed E-state index contributed by atoms with van der Waals surface area (Å²) in [6.45, 7) is 0. The highest BCUT2D eigenvalue weighted by atomic mass is 19.4. The summed E-state index contributed by atoms with van der Waals surface area (Å²) in [6, 6.07) is 6.92. The van der Waals surface area contributed by atoms with E-state index in [4.69, 9.17) is 0 Å². The van der Waals surface area contributed by atoms with Crippen LogP contribution in [0.1, 0.15) is 10.4 Å². The molecule has 0 N–H and O–H groups in total. The summed E-state index contributed by atoms with van der Waals surface area (Å²) in [4.78, 5) is 21.5. The minimum Gasteiger partial charge on any atom is -0.302 e. The molecular weight excluding hydrogens is 209 g/mol. The maximum atomic E-state index is 12.2. The van der Waals surface area contributed by atoms with Crippen LogP contribution in [0.15, 0.2) is 30.3 Å². The first-order valence-corrected chi connectivity index (χ1v) is 4.08. The van der Waals surface area contributed by atoms with E-state index < -0.39 is 17.9 Å². The zero-order chi connectivity index (χ0) is 11.5. The highest BCUT2D eigenvalue weighted by Crippen LogP contribution is 2.27. The van der Waals surface area contributed by atoms with Crippen LogP contribution in [0.2, 0.25) is 0 Å². The second-order valence-electron chi connectivity index (χ2n) is 2.89. The van der Waals surface area contributed by atoms with Crippen molar-refractivity contribution >= 4 is 12.1 Å². The third-order valence-corrected chi connectivity index (χ3v) is 1.83.